The molecule has 2 unspecified atom stereocenters. The zero-order valence-corrected chi connectivity index (χ0v) is 16.9. The van der Waals surface area contributed by atoms with Gasteiger partial charge in [0, 0.05) is 10.6 Å². The molecule has 1 fully saturated rings. The highest BCUT2D eigenvalue weighted by Gasteiger charge is 2.37. The number of urea groups is 1. The number of hydrogen-bond donors (Lipinski definition) is 1. The summed E-state index contributed by atoms with van der Waals surface area (Å²) in [4.78, 5) is 14.9. The van der Waals surface area contributed by atoms with Gasteiger partial charge in [-0.25, -0.2) is 9.69 Å². The summed E-state index contributed by atoms with van der Waals surface area (Å²) < 4.78 is 7.19. The van der Waals surface area contributed by atoms with E-state index in [4.69, 9.17) is 4.74 Å². The summed E-state index contributed by atoms with van der Waals surface area (Å²) in [6, 6.07) is 7.55. The van der Waals surface area contributed by atoms with Crippen molar-refractivity contribution in [3.8, 4) is 5.75 Å². The molecule has 3 rings (SSSR count). The largest absolute Gasteiger partial charge is 0.483 e. The van der Waals surface area contributed by atoms with Crippen molar-refractivity contribution >= 4 is 45.1 Å². The van der Waals surface area contributed by atoms with Crippen LogP contribution in [0.25, 0.3) is 0 Å². The molecule has 1 aliphatic heterocycles. The minimum Gasteiger partial charge on any atom is -0.483 e. The van der Waals surface area contributed by atoms with Crippen molar-refractivity contribution in [1.29, 1.82) is 0 Å². The summed E-state index contributed by atoms with van der Waals surface area (Å²) in [6.45, 7) is 2.33. The number of nitrogens with zero attached hydrogens (tertiary/aromatic N) is 4. The first kappa shape index (κ1) is 18.3. The smallest absolute Gasteiger partial charge is 0.328 e. The molecular weight excluding hydrogens is 455 g/mol. The van der Waals surface area contributed by atoms with E-state index in [1.165, 1.54) is 21.1 Å². The zero-order chi connectivity index (χ0) is 18.0. The summed E-state index contributed by atoms with van der Waals surface area (Å²) in [5.41, 5.74) is 0. The predicted molar refractivity (Wildman–Crippen MR) is 104 cm³/mol. The van der Waals surface area contributed by atoms with Crippen LogP contribution in [0.2, 0.25) is 0 Å². The maximum atomic E-state index is 12.1. The Bertz CT molecular complexity index is 756. The number of aliphatic hydroxyl groups excluding tert-OH is 1. The normalized spacial score (nSPS) is 18.7. The lowest BCUT2D eigenvalue weighted by atomic mass is 10.2. The molecule has 0 spiro atoms. The minimum absolute atomic E-state index is 0.234. The summed E-state index contributed by atoms with van der Waals surface area (Å²) in [7, 11) is 1.65. The maximum Gasteiger partial charge on any atom is 0.328 e. The number of hydrogen-bond acceptors (Lipinski definition) is 6. The fourth-order valence-corrected chi connectivity index (χ4v) is 4.04. The summed E-state index contributed by atoms with van der Waals surface area (Å²) in [5.74, 6) is 0.777. The lowest BCUT2D eigenvalue weighted by Gasteiger charge is -2.16. The maximum absolute atomic E-state index is 12.1. The number of halogens is 1. The summed E-state index contributed by atoms with van der Waals surface area (Å²) in [6.07, 6.45) is 0.579. The fourth-order valence-electron chi connectivity index (χ4n) is 2.58. The van der Waals surface area contributed by atoms with Crippen molar-refractivity contribution in [1.82, 2.24) is 15.1 Å². The minimum atomic E-state index is -0.903. The first-order valence-corrected chi connectivity index (χ1v) is 9.87. The molecular formula is C16H19IN4O3S. The van der Waals surface area contributed by atoms with E-state index in [0.29, 0.717) is 10.1 Å². The van der Waals surface area contributed by atoms with Gasteiger partial charge in [0.25, 0.3) is 0 Å². The third-order valence-electron chi connectivity index (χ3n) is 3.80. The fraction of sp³-hybridized carbons (Fsp3) is 0.438. The molecule has 1 aromatic heterocycles. The van der Waals surface area contributed by atoms with Crippen LogP contribution < -0.4 is 9.64 Å². The zero-order valence-electron chi connectivity index (χ0n) is 13.9. The number of rotatable bonds is 6. The van der Waals surface area contributed by atoms with E-state index in [0.717, 1.165) is 22.2 Å². The third-order valence-corrected chi connectivity index (χ3v) is 5.49. The van der Waals surface area contributed by atoms with Crippen molar-refractivity contribution in [2.24, 2.45) is 0 Å². The van der Waals surface area contributed by atoms with Crippen LogP contribution in [0.4, 0.5) is 9.93 Å². The lowest BCUT2D eigenvalue weighted by molar-refractivity contribution is 0.183. The Morgan fingerprint density at radius 3 is 2.92 bits per heavy atom. The molecule has 0 aliphatic carbocycles. The number of anilines is 1. The van der Waals surface area contributed by atoms with Gasteiger partial charge in [-0.15, -0.1) is 10.2 Å². The number of aliphatic hydroxyl groups is 1. The second kappa shape index (κ2) is 7.83. The molecule has 2 atom stereocenters. The molecule has 2 heterocycles. The Kier molecular flexibility index (Phi) is 5.74. The molecule has 134 valence electrons. The van der Waals surface area contributed by atoms with E-state index in [9.17, 15) is 9.90 Å². The lowest BCUT2D eigenvalue weighted by Crippen LogP contribution is -2.34. The van der Waals surface area contributed by atoms with Crippen LogP contribution in [-0.2, 0) is 0 Å². The Hall–Kier alpha value is -1.46. The Morgan fingerprint density at radius 2 is 2.28 bits per heavy atom. The van der Waals surface area contributed by atoms with Gasteiger partial charge in [-0.1, -0.05) is 30.7 Å². The van der Waals surface area contributed by atoms with Crippen LogP contribution in [0, 0.1) is 3.57 Å². The van der Waals surface area contributed by atoms with Crippen molar-refractivity contribution in [3.63, 3.8) is 0 Å². The molecule has 0 radical (unpaired) electrons. The van der Waals surface area contributed by atoms with Crippen molar-refractivity contribution in [2.45, 2.75) is 32.1 Å². The summed E-state index contributed by atoms with van der Waals surface area (Å²) >= 11 is 3.52. The number of ether oxygens (including phenoxy) is 1. The van der Waals surface area contributed by atoms with E-state index >= 15 is 0 Å². The second-order valence-electron chi connectivity index (χ2n) is 5.79. The van der Waals surface area contributed by atoms with Crippen LogP contribution in [0.3, 0.4) is 0 Å². The topological polar surface area (TPSA) is 78.8 Å². The van der Waals surface area contributed by atoms with Gasteiger partial charge < -0.3 is 14.7 Å². The Balaban J connectivity index is 1.81. The standard InChI is InChI=1S/C16H19IN4O3S/c1-3-5-12(24-11-7-4-6-10(17)8-11)14-18-19-15(25-14)21-13(22)9-20(2)16(21)23/h4,6-8,12-13,22H,3,5,9H2,1-2H3. The van der Waals surface area contributed by atoms with Gasteiger partial charge in [0.1, 0.15) is 5.75 Å². The number of carbonyl (C=O) groups is 1. The van der Waals surface area contributed by atoms with Gasteiger partial charge in [0.2, 0.25) is 5.13 Å². The Labute approximate surface area is 163 Å². The van der Waals surface area contributed by atoms with E-state index in [-0.39, 0.29) is 18.7 Å². The third kappa shape index (κ3) is 4.04. The van der Waals surface area contributed by atoms with Gasteiger partial charge in [0.05, 0.1) is 6.54 Å². The molecule has 1 N–H and O–H groups in total. The number of amides is 2. The van der Waals surface area contributed by atoms with Crippen molar-refractivity contribution in [3.05, 3.63) is 32.8 Å². The van der Waals surface area contributed by atoms with Gasteiger partial charge >= 0.3 is 6.03 Å². The SMILES string of the molecule is CCCC(Oc1cccc(I)c1)c1nnc(N2C(=O)N(C)CC2O)s1. The monoisotopic (exact) mass is 474 g/mol. The average molecular weight is 474 g/mol. The van der Waals surface area contributed by atoms with Crippen LogP contribution >= 0.6 is 33.9 Å². The molecule has 1 aromatic carbocycles. The average Bonchev–Trinajstić information content (AvgIpc) is 3.12. The molecule has 1 saturated heterocycles. The van der Waals surface area contributed by atoms with Gasteiger partial charge in [-0.2, -0.15) is 0 Å². The number of benzene rings is 1. The van der Waals surface area contributed by atoms with E-state index < -0.39 is 6.23 Å². The molecule has 0 bridgehead atoms. The van der Waals surface area contributed by atoms with E-state index in [2.05, 4.69) is 39.7 Å². The first-order chi connectivity index (χ1) is 12.0. The van der Waals surface area contributed by atoms with Crippen LogP contribution in [0.1, 0.15) is 30.9 Å². The number of carbonyl (C=O) groups excluding carboxylic acids is 1. The second-order valence-corrected chi connectivity index (χ2v) is 8.02. The van der Waals surface area contributed by atoms with Crippen molar-refractivity contribution in [2.75, 3.05) is 18.5 Å². The number of likely N-dealkylation sites (N-methyl/N-ethyl adjacent to an activating group) is 1. The van der Waals surface area contributed by atoms with Gasteiger partial charge in [0.15, 0.2) is 17.3 Å². The molecule has 1 aliphatic rings. The van der Waals surface area contributed by atoms with E-state index in [1.54, 1.807) is 7.05 Å². The van der Waals surface area contributed by atoms with Crippen LogP contribution in [0.15, 0.2) is 24.3 Å². The highest BCUT2D eigenvalue weighted by molar-refractivity contribution is 14.1. The number of β-amino-alcohol motifs (C(OH)–C–C–N with tert-alkyl or cyclic N) is 1. The van der Waals surface area contributed by atoms with Crippen molar-refractivity contribution < 1.29 is 14.6 Å². The van der Waals surface area contributed by atoms with Crippen LogP contribution in [0.5, 0.6) is 5.75 Å². The van der Waals surface area contributed by atoms with Gasteiger partial charge in [-0.05, 0) is 47.2 Å². The number of aromatic nitrogens is 2. The highest BCUT2D eigenvalue weighted by atomic mass is 127. The molecule has 2 aromatic rings. The molecule has 7 nitrogen and oxygen atoms in total. The summed E-state index contributed by atoms with van der Waals surface area (Å²) in [5, 5.41) is 19.5. The quantitative estimate of drug-likeness (QED) is 0.651. The molecule has 25 heavy (non-hydrogen) atoms. The first-order valence-electron chi connectivity index (χ1n) is 7.97. The molecule has 2 amide bonds. The Morgan fingerprint density at radius 1 is 1.48 bits per heavy atom. The molecule has 9 heteroatoms. The molecule has 0 saturated carbocycles. The van der Waals surface area contributed by atoms with Crippen LogP contribution in [-0.4, -0.2) is 46.1 Å². The van der Waals surface area contributed by atoms with Gasteiger partial charge in [-0.3, -0.25) is 0 Å². The highest BCUT2D eigenvalue weighted by Crippen LogP contribution is 2.33. The predicted octanol–water partition coefficient (Wildman–Crippen LogP) is 3.25. The van der Waals surface area contributed by atoms with E-state index in [1.807, 2.05) is 24.3 Å².